The average molecular weight is 461 g/mol. The topological polar surface area (TPSA) is 49.4 Å². The molecule has 5 aliphatic heterocycles. The fourth-order valence-corrected chi connectivity index (χ4v) is 6.44. The normalized spacial score (nSPS) is 23.1. The summed E-state index contributed by atoms with van der Waals surface area (Å²) in [6.45, 7) is 0. The maximum Gasteiger partial charge on any atom is 0.0760 e. The number of fused-ring (bicyclic) bond motifs is 4. The molecule has 0 atom stereocenters. The first-order valence-electron chi connectivity index (χ1n) is 12.6. The third-order valence-electron chi connectivity index (χ3n) is 8.14. The smallest absolute Gasteiger partial charge is 0.0760 e. The second kappa shape index (κ2) is 6.61. The minimum absolute atomic E-state index is 0.823. The summed E-state index contributed by atoms with van der Waals surface area (Å²) in [5.41, 5.74) is 9.47. The Morgan fingerprint density at radius 2 is 0.583 bits per heavy atom. The van der Waals surface area contributed by atoms with Crippen molar-refractivity contribution in [2.45, 2.75) is 25.7 Å². The van der Waals surface area contributed by atoms with E-state index in [0.29, 0.717) is 0 Å². The van der Waals surface area contributed by atoms with Crippen LogP contribution < -0.4 is 42.3 Å². The molecule has 0 saturated carbocycles. The Morgan fingerprint density at radius 3 is 0.833 bits per heavy atom. The maximum absolute atomic E-state index is 5.23. The van der Waals surface area contributed by atoms with E-state index in [0.717, 1.165) is 90.8 Å². The van der Waals surface area contributed by atoms with Gasteiger partial charge >= 0.3 is 0 Å². The van der Waals surface area contributed by atoms with Crippen LogP contribution in [0.2, 0.25) is 0 Å². The Kier molecular flexibility index (Phi) is 3.46. The van der Waals surface area contributed by atoms with Gasteiger partial charge in [0.2, 0.25) is 0 Å². The molecule has 5 heterocycles. The first-order chi connectivity index (χ1) is 17.8. The Bertz CT molecular complexity index is 1930. The van der Waals surface area contributed by atoms with Gasteiger partial charge in [-0.15, -0.1) is 0 Å². The van der Waals surface area contributed by atoms with Crippen molar-refractivity contribution in [2.75, 3.05) is 0 Å². The fraction of sp³-hybridized carbons (Fsp3) is 0.125. The predicted molar refractivity (Wildman–Crippen MR) is 137 cm³/mol. The number of benzene rings is 4. The van der Waals surface area contributed by atoms with Crippen LogP contribution in [0.1, 0.15) is 22.3 Å². The molecule has 0 saturated heterocycles. The van der Waals surface area contributed by atoms with Gasteiger partial charge in [0.15, 0.2) is 0 Å². The lowest BCUT2D eigenvalue weighted by atomic mass is 10.0. The molecule has 9 rings (SSSR count). The molecule has 0 aliphatic carbocycles. The monoisotopic (exact) mass is 460 g/mol. The Balaban J connectivity index is 1.56. The van der Waals surface area contributed by atoms with Crippen molar-refractivity contribution < 1.29 is 0 Å². The molecule has 0 unspecified atom stereocenters. The van der Waals surface area contributed by atoms with Crippen LogP contribution in [0.15, 0.2) is 92.8 Å². The number of hydrogen-bond acceptors (Lipinski definition) is 4. The highest BCUT2D eigenvalue weighted by atomic mass is 14.8. The van der Waals surface area contributed by atoms with Crippen LogP contribution in [0.3, 0.4) is 0 Å². The second-order valence-corrected chi connectivity index (χ2v) is 10.2. The highest BCUT2D eigenvalue weighted by molar-refractivity contribution is 5.62. The van der Waals surface area contributed by atoms with Crippen molar-refractivity contribution in [2.24, 2.45) is 20.0 Å². The molecule has 0 spiro atoms. The number of hydrogen-bond donors (Lipinski definition) is 0. The zero-order chi connectivity index (χ0) is 23.4. The van der Waals surface area contributed by atoms with Gasteiger partial charge < -0.3 is 0 Å². The molecule has 0 aromatic heterocycles. The van der Waals surface area contributed by atoms with E-state index in [1.807, 2.05) is 0 Å². The Hall–Kier alpha value is -4.44. The molecule has 0 radical (unpaired) electrons. The zero-order valence-electron chi connectivity index (χ0n) is 19.5. The van der Waals surface area contributed by atoms with E-state index in [1.165, 1.54) is 22.3 Å². The molecule has 4 aromatic carbocycles. The summed E-state index contributed by atoms with van der Waals surface area (Å²) >= 11 is 0. The van der Waals surface area contributed by atoms with Gasteiger partial charge in [-0.25, -0.2) is 0 Å². The first-order valence-corrected chi connectivity index (χ1v) is 12.6. The van der Waals surface area contributed by atoms with Crippen LogP contribution in [0.4, 0.5) is 0 Å². The minimum atomic E-state index is 0.823. The molecule has 4 heteroatoms. The van der Waals surface area contributed by atoms with Crippen LogP contribution in [0.25, 0.3) is 22.8 Å². The first kappa shape index (κ1) is 18.8. The highest BCUT2D eigenvalue weighted by Gasteiger charge is 2.21. The zero-order valence-corrected chi connectivity index (χ0v) is 19.5. The minimum Gasteiger partial charge on any atom is -0.251 e. The van der Waals surface area contributed by atoms with Crippen LogP contribution >= 0.6 is 0 Å². The van der Waals surface area contributed by atoms with Gasteiger partial charge in [-0.1, -0.05) is 72.8 Å². The van der Waals surface area contributed by atoms with Crippen molar-refractivity contribution in [3.05, 3.63) is 137 Å². The van der Waals surface area contributed by atoms with E-state index < -0.39 is 0 Å². The summed E-state index contributed by atoms with van der Waals surface area (Å²) < 4.78 is 0. The summed E-state index contributed by atoms with van der Waals surface area (Å²) in [5.74, 6) is 0. The quantitative estimate of drug-likeness (QED) is 0.353. The van der Waals surface area contributed by atoms with Crippen LogP contribution in [-0.2, 0) is 25.7 Å². The van der Waals surface area contributed by atoms with Gasteiger partial charge in [0.05, 0.1) is 44.2 Å². The second-order valence-electron chi connectivity index (χ2n) is 10.2. The predicted octanol–water partition coefficient (Wildman–Crippen LogP) is -0.0636. The molecule has 4 nitrogen and oxygen atoms in total. The lowest BCUT2D eigenvalue weighted by molar-refractivity contribution is 1.23. The number of para-hydroxylation sites is 4. The van der Waals surface area contributed by atoms with Gasteiger partial charge in [-0.05, 0) is 22.3 Å². The van der Waals surface area contributed by atoms with Crippen LogP contribution in [0, 0.1) is 0 Å². The summed E-state index contributed by atoms with van der Waals surface area (Å²) in [4.78, 5) is 20.9. The van der Waals surface area contributed by atoms with Crippen molar-refractivity contribution in [1.29, 1.82) is 0 Å². The Labute approximate surface area is 205 Å². The molecule has 4 aromatic rings. The SMILES string of the molecule is c1cc2c3c(/c1)=C1/Cc4ccc/c(c4=N1)=C1\Cc4ccc/c(c4=N1)=C1\Cc4ccc/c(c4=N1)=C(\C2)N=3. The molecule has 8 bridgehead atoms. The summed E-state index contributed by atoms with van der Waals surface area (Å²) in [5, 5.41) is 8.86. The van der Waals surface area contributed by atoms with E-state index in [1.54, 1.807) is 0 Å². The lowest BCUT2D eigenvalue weighted by Crippen LogP contribution is -2.29. The fourth-order valence-electron chi connectivity index (χ4n) is 6.44. The van der Waals surface area contributed by atoms with E-state index >= 15 is 0 Å². The van der Waals surface area contributed by atoms with Gasteiger partial charge in [0.1, 0.15) is 0 Å². The van der Waals surface area contributed by atoms with Crippen LogP contribution in [-0.4, -0.2) is 0 Å². The molecule has 0 N–H and O–H groups in total. The molecule has 0 fully saturated rings. The van der Waals surface area contributed by atoms with E-state index in [2.05, 4.69) is 72.8 Å². The molecule has 5 aliphatic rings. The van der Waals surface area contributed by atoms with Crippen LogP contribution in [0.5, 0.6) is 0 Å². The molecular formula is C32H20N4. The average Bonchev–Trinajstić information content (AvgIpc) is 3.69. The highest BCUT2D eigenvalue weighted by Crippen LogP contribution is 2.17. The maximum atomic E-state index is 5.23. The van der Waals surface area contributed by atoms with Crippen molar-refractivity contribution in [3.8, 4) is 0 Å². The molecule has 168 valence electrons. The van der Waals surface area contributed by atoms with Crippen molar-refractivity contribution in [1.82, 2.24) is 0 Å². The largest absolute Gasteiger partial charge is 0.251 e. The Morgan fingerprint density at radius 1 is 0.333 bits per heavy atom. The third kappa shape index (κ3) is 2.43. The lowest BCUT2D eigenvalue weighted by Gasteiger charge is -1.97. The van der Waals surface area contributed by atoms with Gasteiger partial charge in [0.25, 0.3) is 0 Å². The van der Waals surface area contributed by atoms with Gasteiger partial charge in [0, 0.05) is 46.6 Å². The van der Waals surface area contributed by atoms with Crippen molar-refractivity contribution in [3.63, 3.8) is 0 Å². The van der Waals surface area contributed by atoms with E-state index in [9.17, 15) is 0 Å². The van der Waals surface area contributed by atoms with E-state index in [4.69, 9.17) is 20.0 Å². The number of nitrogens with zero attached hydrogens (tertiary/aromatic N) is 4. The van der Waals surface area contributed by atoms with Gasteiger partial charge in [-0.3, -0.25) is 20.0 Å². The third-order valence-corrected chi connectivity index (χ3v) is 8.14. The summed E-state index contributed by atoms with van der Waals surface area (Å²) in [6, 6.07) is 26.1. The molecule has 0 amide bonds. The van der Waals surface area contributed by atoms with Crippen molar-refractivity contribution >= 4 is 22.8 Å². The molecule has 36 heavy (non-hydrogen) atoms. The standard InChI is InChI=1S/C32H20N4/c1-5-17-13-26-22-10-3-7-19-15-28(35-31(19)22)24-12-4-8-20-16-27(36-32(20)24)23-11-2-6-18-14-25(33-30(18)23)21(9-1)29(17)34-26/h1-12H,13-16H2/b25-21-,26-22-,27-23-,28-24-. The summed E-state index contributed by atoms with van der Waals surface area (Å²) in [7, 11) is 0. The van der Waals surface area contributed by atoms with Gasteiger partial charge in [-0.2, -0.15) is 0 Å². The number of rotatable bonds is 0. The molecular weight excluding hydrogens is 440 g/mol. The summed E-state index contributed by atoms with van der Waals surface area (Å²) in [6.07, 6.45) is 3.29. The van der Waals surface area contributed by atoms with E-state index in [-0.39, 0.29) is 0 Å².